The third-order valence-corrected chi connectivity index (χ3v) is 7.27. The van der Waals surface area contributed by atoms with E-state index in [4.69, 9.17) is 10.5 Å². The summed E-state index contributed by atoms with van der Waals surface area (Å²) >= 11 is 1.05. The molecule has 1 heterocycles. The Kier molecular flexibility index (Phi) is 7.37. The first-order valence-electron chi connectivity index (χ1n) is 9.75. The Balaban J connectivity index is 1.70. The van der Waals surface area contributed by atoms with Crippen LogP contribution in [0, 0.1) is 0 Å². The Morgan fingerprint density at radius 3 is 2.47 bits per heavy atom. The van der Waals surface area contributed by atoms with Crippen LogP contribution in [0.5, 0.6) is 5.75 Å². The van der Waals surface area contributed by atoms with Crippen molar-refractivity contribution in [2.45, 2.75) is 34.7 Å². The van der Waals surface area contributed by atoms with Crippen molar-refractivity contribution in [3.63, 3.8) is 0 Å². The van der Waals surface area contributed by atoms with E-state index in [1.807, 2.05) is 13.8 Å². The summed E-state index contributed by atoms with van der Waals surface area (Å²) < 4.78 is 31.1. The summed E-state index contributed by atoms with van der Waals surface area (Å²) in [5.41, 5.74) is 7.51. The van der Waals surface area contributed by atoms with Crippen LogP contribution in [-0.4, -0.2) is 37.2 Å². The number of nitrogens with two attached hydrogens (primary N) is 1. The Morgan fingerprint density at radius 2 is 1.84 bits per heavy atom. The summed E-state index contributed by atoms with van der Waals surface area (Å²) in [6.45, 7) is 4.06. The van der Waals surface area contributed by atoms with E-state index >= 15 is 0 Å². The molecule has 1 amide bonds. The molecule has 3 N–H and O–H groups in total. The molecule has 0 aliphatic rings. The molecule has 0 atom stereocenters. The average molecular weight is 473 g/mol. The lowest BCUT2D eigenvalue weighted by atomic mass is 10.0. The van der Waals surface area contributed by atoms with Gasteiger partial charge in [-0.25, -0.2) is 18.4 Å². The third-order valence-electron chi connectivity index (χ3n) is 4.62. The molecule has 3 aromatic rings. The van der Waals surface area contributed by atoms with E-state index in [2.05, 4.69) is 15.3 Å². The molecule has 0 radical (unpaired) electrons. The van der Waals surface area contributed by atoms with Crippen molar-refractivity contribution in [2.24, 2.45) is 0 Å². The number of para-hydroxylation sites is 2. The monoisotopic (exact) mass is 472 g/mol. The van der Waals surface area contributed by atoms with E-state index in [9.17, 15) is 13.2 Å². The second kappa shape index (κ2) is 10.0. The number of thioether (sulfide) groups is 1. The number of benzene rings is 2. The van der Waals surface area contributed by atoms with Gasteiger partial charge in [0.15, 0.2) is 5.16 Å². The number of methoxy groups -OCH3 is 1. The number of carbonyl (C=O) groups is 1. The summed E-state index contributed by atoms with van der Waals surface area (Å²) in [6, 6.07) is 13.7. The number of anilines is 2. The predicted octanol–water partition coefficient (Wildman–Crippen LogP) is 3.75. The van der Waals surface area contributed by atoms with E-state index in [1.165, 1.54) is 13.3 Å². The number of hydrogen-bond acceptors (Lipinski definition) is 8. The molecular formula is C22H24N4O4S2. The molecule has 0 saturated heterocycles. The summed E-state index contributed by atoms with van der Waals surface area (Å²) in [5, 5.41) is 2.95. The van der Waals surface area contributed by atoms with Gasteiger partial charge in [0.1, 0.15) is 16.5 Å². The second-order valence-corrected chi connectivity index (χ2v) is 10.0. The van der Waals surface area contributed by atoms with Crippen LogP contribution in [0.3, 0.4) is 0 Å². The maximum atomic E-state index is 12.9. The number of rotatable bonds is 8. The van der Waals surface area contributed by atoms with Crippen molar-refractivity contribution in [1.29, 1.82) is 0 Å². The molecule has 0 fully saturated rings. The minimum Gasteiger partial charge on any atom is -0.495 e. The van der Waals surface area contributed by atoms with Crippen LogP contribution in [-0.2, 0) is 14.6 Å². The van der Waals surface area contributed by atoms with Crippen LogP contribution in [0.1, 0.15) is 25.3 Å². The average Bonchev–Trinajstić information content (AvgIpc) is 2.78. The Hall–Kier alpha value is -3.11. The first-order chi connectivity index (χ1) is 15.2. The summed E-state index contributed by atoms with van der Waals surface area (Å²) in [6.07, 6.45) is 1.18. The largest absolute Gasteiger partial charge is 0.495 e. The number of ether oxygens (including phenoxy) is 1. The molecule has 0 saturated carbocycles. The molecule has 8 nitrogen and oxygen atoms in total. The van der Waals surface area contributed by atoms with Gasteiger partial charge < -0.3 is 15.8 Å². The number of nitrogens with one attached hydrogen (secondary N) is 1. The van der Waals surface area contributed by atoms with Crippen molar-refractivity contribution in [1.82, 2.24) is 9.97 Å². The first-order valence-corrected chi connectivity index (χ1v) is 12.2. The molecule has 2 aromatic carbocycles. The van der Waals surface area contributed by atoms with E-state index in [0.29, 0.717) is 11.4 Å². The fourth-order valence-corrected chi connectivity index (χ4v) is 4.75. The molecule has 10 heteroatoms. The highest BCUT2D eigenvalue weighted by molar-refractivity contribution is 7.99. The van der Waals surface area contributed by atoms with Crippen molar-refractivity contribution in [3.8, 4) is 5.75 Å². The van der Waals surface area contributed by atoms with Crippen LogP contribution in [0.4, 0.5) is 11.5 Å². The summed E-state index contributed by atoms with van der Waals surface area (Å²) in [5.74, 6) is 0.392. The zero-order valence-electron chi connectivity index (χ0n) is 17.9. The number of hydrogen-bond donors (Lipinski definition) is 2. The van der Waals surface area contributed by atoms with E-state index in [-0.39, 0.29) is 38.3 Å². The molecule has 0 bridgehead atoms. The minimum atomic E-state index is -3.86. The maximum Gasteiger partial charge on any atom is 0.234 e. The van der Waals surface area contributed by atoms with E-state index < -0.39 is 9.84 Å². The Labute approximate surface area is 191 Å². The summed E-state index contributed by atoms with van der Waals surface area (Å²) in [7, 11) is -2.34. The van der Waals surface area contributed by atoms with Gasteiger partial charge in [-0.15, -0.1) is 0 Å². The molecule has 0 aliphatic carbocycles. The van der Waals surface area contributed by atoms with Crippen LogP contribution < -0.4 is 15.8 Å². The fraction of sp³-hybridized carbons (Fsp3) is 0.227. The Bertz CT molecular complexity index is 1210. The van der Waals surface area contributed by atoms with Crippen molar-refractivity contribution >= 4 is 39.0 Å². The smallest absolute Gasteiger partial charge is 0.234 e. The van der Waals surface area contributed by atoms with Gasteiger partial charge in [-0.2, -0.15) is 0 Å². The number of nitrogens with zero attached hydrogens (tertiary/aromatic N) is 2. The standard InChI is InChI=1S/C22H24N4O4S2/c1-14(2)15-8-10-16(11-9-15)32(28,29)19-12-24-22(26-21(19)23)31-13-20(27)25-17-6-4-5-7-18(17)30-3/h4-12,14H,13H2,1-3H3,(H,25,27)(H2,23,24,26). The molecule has 1 aromatic heterocycles. The zero-order chi connectivity index (χ0) is 23.3. The van der Waals surface area contributed by atoms with Crippen LogP contribution in [0.15, 0.2) is 69.7 Å². The van der Waals surface area contributed by atoms with Crippen molar-refractivity contribution < 1.29 is 17.9 Å². The number of sulfone groups is 1. The molecule has 0 spiro atoms. The molecule has 32 heavy (non-hydrogen) atoms. The summed E-state index contributed by atoms with van der Waals surface area (Å²) in [4.78, 5) is 20.4. The maximum absolute atomic E-state index is 12.9. The number of nitrogen functional groups attached to an aromatic ring is 1. The van der Waals surface area contributed by atoms with Gasteiger partial charge in [0.05, 0.1) is 29.6 Å². The SMILES string of the molecule is COc1ccccc1NC(=O)CSc1ncc(S(=O)(=O)c2ccc(C(C)C)cc2)c(N)n1. The number of aromatic nitrogens is 2. The van der Waals surface area contributed by atoms with Crippen LogP contribution in [0.2, 0.25) is 0 Å². The lowest BCUT2D eigenvalue weighted by Gasteiger charge is -2.10. The highest BCUT2D eigenvalue weighted by Gasteiger charge is 2.23. The molecule has 3 rings (SSSR count). The zero-order valence-corrected chi connectivity index (χ0v) is 19.5. The van der Waals surface area contributed by atoms with Crippen molar-refractivity contribution in [2.75, 3.05) is 23.9 Å². The highest BCUT2D eigenvalue weighted by Crippen LogP contribution is 2.28. The van der Waals surface area contributed by atoms with E-state index in [0.717, 1.165) is 17.3 Å². The number of carbonyl (C=O) groups excluding carboxylic acids is 1. The van der Waals surface area contributed by atoms with Gasteiger partial charge in [0.2, 0.25) is 15.7 Å². The molecule has 168 valence electrons. The van der Waals surface area contributed by atoms with Crippen LogP contribution >= 0.6 is 11.8 Å². The normalized spacial score (nSPS) is 11.4. The fourth-order valence-electron chi connectivity index (χ4n) is 2.87. The first kappa shape index (κ1) is 23.6. The van der Waals surface area contributed by atoms with Gasteiger partial charge in [0.25, 0.3) is 0 Å². The minimum absolute atomic E-state index is 0.0141. The number of amides is 1. The highest BCUT2D eigenvalue weighted by atomic mass is 32.2. The molecular weight excluding hydrogens is 448 g/mol. The molecule has 0 unspecified atom stereocenters. The second-order valence-electron chi connectivity index (χ2n) is 7.17. The van der Waals surface area contributed by atoms with Gasteiger partial charge in [-0.1, -0.05) is 49.9 Å². The van der Waals surface area contributed by atoms with E-state index in [1.54, 1.807) is 48.5 Å². The lowest BCUT2D eigenvalue weighted by Crippen LogP contribution is -2.15. The predicted molar refractivity (Wildman–Crippen MR) is 125 cm³/mol. The third kappa shape index (κ3) is 5.38. The van der Waals surface area contributed by atoms with Crippen molar-refractivity contribution in [3.05, 3.63) is 60.3 Å². The van der Waals surface area contributed by atoms with Gasteiger partial charge in [-0.05, 0) is 35.7 Å². The molecule has 0 aliphatic heterocycles. The topological polar surface area (TPSA) is 124 Å². The Morgan fingerprint density at radius 1 is 1.16 bits per heavy atom. The van der Waals surface area contributed by atoms with Crippen LogP contribution in [0.25, 0.3) is 0 Å². The van der Waals surface area contributed by atoms with Gasteiger partial charge in [-0.3, -0.25) is 4.79 Å². The van der Waals surface area contributed by atoms with Gasteiger partial charge >= 0.3 is 0 Å². The van der Waals surface area contributed by atoms with Gasteiger partial charge in [0, 0.05) is 0 Å². The lowest BCUT2D eigenvalue weighted by molar-refractivity contribution is -0.113. The quantitative estimate of drug-likeness (QED) is 0.375.